The Morgan fingerprint density at radius 2 is 2.00 bits per heavy atom. The molecule has 3 N–H and O–H groups in total. The van der Waals surface area contributed by atoms with Crippen LogP contribution in [-0.4, -0.2) is 36.6 Å². The predicted octanol–water partition coefficient (Wildman–Crippen LogP) is 0.279. The molecular formula is C7H22N2OSi2. The van der Waals surface area contributed by atoms with Gasteiger partial charge in [-0.15, -0.1) is 0 Å². The summed E-state index contributed by atoms with van der Waals surface area (Å²) in [6.45, 7) is 10.6. The quantitative estimate of drug-likeness (QED) is 0.485. The molecule has 0 fully saturated rings. The molecule has 0 aromatic rings. The summed E-state index contributed by atoms with van der Waals surface area (Å²) >= 11 is 0. The van der Waals surface area contributed by atoms with Crippen LogP contribution in [0, 0.1) is 0 Å². The Kier molecular flexibility index (Phi) is 6.03. The molecule has 12 heavy (non-hydrogen) atoms. The van der Waals surface area contributed by atoms with Gasteiger partial charge in [-0.3, -0.25) is 0 Å². The van der Waals surface area contributed by atoms with E-state index in [0.29, 0.717) is 6.54 Å². The number of hydrogen-bond acceptors (Lipinski definition) is 3. The first kappa shape index (κ1) is 12.3. The summed E-state index contributed by atoms with van der Waals surface area (Å²) in [5.74, 6) is 0. The molecule has 0 spiro atoms. The average molecular weight is 206 g/mol. The van der Waals surface area contributed by atoms with Crippen molar-refractivity contribution in [1.82, 2.24) is 5.32 Å². The van der Waals surface area contributed by atoms with Gasteiger partial charge in [-0.25, -0.2) is 0 Å². The van der Waals surface area contributed by atoms with E-state index in [9.17, 15) is 0 Å². The molecular weight excluding hydrogens is 184 g/mol. The van der Waals surface area contributed by atoms with Crippen LogP contribution in [0.3, 0.4) is 0 Å². The van der Waals surface area contributed by atoms with E-state index in [2.05, 4.69) is 31.5 Å². The normalized spacial score (nSPS) is 12.5. The minimum Gasteiger partial charge on any atom is -0.457 e. The average Bonchev–Trinajstić information content (AvgIpc) is 1.84. The summed E-state index contributed by atoms with van der Waals surface area (Å²) in [6.07, 6.45) is 1.02. The molecule has 5 heteroatoms. The lowest BCUT2D eigenvalue weighted by molar-refractivity contribution is 0.558. The molecule has 0 saturated carbocycles. The van der Waals surface area contributed by atoms with E-state index in [4.69, 9.17) is 9.85 Å². The third-order valence-corrected chi connectivity index (χ3v) is 6.97. The van der Waals surface area contributed by atoms with E-state index < -0.39 is 17.4 Å². The smallest absolute Gasteiger partial charge is 0.187 e. The molecule has 0 rings (SSSR count). The maximum Gasteiger partial charge on any atom is 0.187 e. The highest BCUT2D eigenvalue weighted by Crippen LogP contribution is 2.04. The molecule has 0 saturated heterocycles. The fraction of sp³-hybridized carbons (Fsp3) is 1.00. The topological polar surface area (TPSA) is 47.3 Å². The second-order valence-corrected chi connectivity index (χ2v) is 10.8. The zero-order chi connectivity index (χ0) is 9.61. The zero-order valence-electron chi connectivity index (χ0n) is 8.68. The van der Waals surface area contributed by atoms with Gasteiger partial charge in [0.1, 0.15) is 0 Å². The van der Waals surface area contributed by atoms with Gasteiger partial charge in [-0.2, -0.15) is 0 Å². The Labute approximate surface area is 78.5 Å². The molecule has 0 heterocycles. The molecule has 0 aromatic carbocycles. The molecule has 0 aliphatic heterocycles. The van der Waals surface area contributed by atoms with Gasteiger partial charge in [0.05, 0.1) is 0 Å². The van der Waals surface area contributed by atoms with Crippen molar-refractivity contribution in [3.8, 4) is 0 Å². The van der Waals surface area contributed by atoms with Crippen LogP contribution in [0.1, 0.15) is 0 Å². The second kappa shape index (κ2) is 5.87. The van der Waals surface area contributed by atoms with E-state index in [-0.39, 0.29) is 0 Å². The first-order valence-electron chi connectivity index (χ1n) is 4.56. The Balaban J connectivity index is 3.56. The number of nitrogens with one attached hydrogen (secondary N) is 1. The molecule has 3 nitrogen and oxygen atoms in total. The first-order chi connectivity index (χ1) is 5.48. The third kappa shape index (κ3) is 6.99. The molecule has 0 atom stereocenters. The number of hydrogen-bond donors (Lipinski definition) is 2. The lowest BCUT2D eigenvalue weighted by Gasteiger charge is -2.25. The monoisotopic (exact) mass is 206 g/mol. The molecule has 0 radical (unpaired) electrons. The third-order valence-electron chi connectivity index (χ3n) is 1.43. The van der Waals surface area contributed by atoms with Crippen molar-refractivity contribution in [3.05, 3.63) is 0 Å². The maximum atomic E-state index is 5.96. The summed E-state index contributed by atoms with van der Waals surface area (Å²) in [7, 11) is -2.27. The Morgan fingerprint density at radius 3 is 2.42 bits per heavy atom. The second-order valence-electron chi connectivity index (χ2n) is 3.89. The summed E-state index contributed by atoms with van der Waals surface area (Å²) in [5, 5.41) is 3.31. The molecule has 0 unspecified atom stereocenters. The summed E-state index contributed by atoms with van der Waals surface area (Å²) < 4.78 is 5.96. The summed E-state index contributed by atoms with van der Waals surface area (Å²) in [5.41, 5.74) is 5.38. The van der Waals surface area contributed by atoms with Gasteiger partial charge in [0, 0.05) is 19.3 Å². The Morgan fingerprint density at radius 1 is 1.42 bits per heavy atom. The van der Waals surface area contributed by atoms with Gasteiger partial charge >= 0.3 is 0 Å². The van der Waals surface area contributed by atoms with Crippen LogP contribution in [0.2, 0.25) is 26.2 Å². The number of nitrogens with two attached hydrogens (primary N) is 1. The first-order valence-corrected chi connectivity index (χ1v) is 10.5. The van der Waals surface area contributed by atoms with Crippen LogP contribution >= 0.6 is 0 Å². The van der Waals surface area contributed by atoms with Crippen molar-refractivity contribution in [2.24, 2.45) is 5.73 Å². The van der Waals surface area contributed by atoms with Gasteiger partial charge in [0.15, 0.2) is 17.4 Å². The molecule has 0 aliphatic carbocycles. The van der Waals surface area contributed by atoms with Gasteiger partial charge in [-0.1, -0.05) is 0 Å². The van der Waals surface area contributed by atoms with E-state index in [1.165, 1.54) is 0 Å². The van der Waals surface area contributed by atoms with Crippen molar-refractivity contribution in [2.75, 3.05) is 19.3 Å². The van der Waals surface area contributed by atoms with Crippen LogP contribution in [0.4, 0.5) is 0 Å². The van der Waals surface area contributed by atoms with Crippen molar-refractivity contribution in [1.29, 1.82) is 0 Å². The summed E-state index contributed by atoms with van der Waals surface area (Å²) in [6, 6.07) is 0. The van der Waals surface area contributed by atoms with E-state index in [1.54, 1.807) is 0 Å². The fourth-order valence-electron chi connectivity index (χ4n) is 1.17. The highest BCUT2D eigenvalue weighted by atomic mass is 28.4. The van der Waals surface area contributed by atoms with Crippen LogP contribution in [0.5, 0.6) is 0 Å². The molecule has 0 aromatic heterocycles. The standard InChI is InChI=1S/C7H22N2OSi2/c1-11(2)10-12(3,4)7-9-6-5-8/h9,11H,5-8H2,1-4H3. The van der Waals surface area contributed by atoms with Gasteiger partial charge in [0.2, 0.25) is 0 Å². The minimum absolute atomic E-state index is 0.712. The van der Waals surface area contributed by atoms with E-state index in [1.807, 2.05) is 0 Å². The zero-order valence-corrected chi connectivity index (χ0v) is 10.8. The highest BCUT2D eigenvalue weighted by molar-refractivity contribution is 6.77. The Hall–Kier alpha value is 0.314. The predicted molar refractivity (Wildman–Crippen MR) is 59.4 cm³/mol. The lowest BCUT2D eigenvalue weighted by Crippen LogP contribution is -2.46. The van der Waals surface area contributed by atoms with Crippen LogP contribution in [-0.2, 0) is 4.12 Å². The molecule has 0 amide bonds. The van der Waals surface area contributed by atoms with Crippen LogP contribution in [0.15, 0.2) is 0 Å². The Bertz CT molecular complexity index is 120. The molecule has 74 valence electrons. The largest absolute Gasteiger partial charge is 0.457 e. The fourth-order valence-corrected chi connectivity index (χ4v) is 7.39. The minimum atomic E-state index is -1.41. The van der Waals surface area contributed by atoms with Gasteiger partial charge in [0.25, 0.3) is 0 Å². The van der Waals surface area contributed by atoms with Crippen molar-refractivity contribution in [2.45, 2.75) is 26.2 Å². The van der Waals surface area contributed by atoms with Crippen LogP contribution < -0.4 is 11.1 Å². The highest BCUT2D eigenvalue weighted by Gasteiger charge is 2.22. The van der Waals surface area contributed by atoms with Gasteiger partial charge < -0.3 is 15.2 Å². The lowest BCUT2D eigenvalue weighted by atomic mass is 10.7. The van der Waals surface area contributed by atoms with Crippen LogP contribution in [0.25, 0.3) is 0 Å². The molecule has 0 bridgehead atoms. The molecule has 0 aliphatic rings. The van der Waals surface area contributed by atoms with Crippen molar-refractivity contribution in [3.63, 3.8) is 0 Å². The SMILES string of the molecule is C[SiH](C)O[Si](C)(C)CNCCN. The van der Waals surface area contributed by atoms with E-state index >= 15 is 0 Å². The summed E-state index contributed by atoms with van der Waals surface area (Å²) in [4.78, 5) is 0. The van der Waals surface area contributed by atoms with E-state index in [0.717, 1.165) is 12.7 Å². The number of rotatable bonds is 6. The van der Waals surface area contributed by atoms with Gasteiger partial charge in [-0.05, 0) is 26.2 Å². The van der Waals surface area contributed by atoms with Crippen molar-refractivity contribution < 1.29 is 4.12 Å². The maximum absolute atomic E-state index is 5.96. The van der Waals surface area contributed by atoms with Crippen molar-refractivity contribution >= 4 is 17.4 Å².